The first-order valence-electron chi connectivity index (χ1n) is 6.31. The molecule has 0 bridgehead atoms. The molecular formula is C14H16N4O. The zero-order valence-electron chi connectivity index (χ0n) is 11.1. The monoisotopic (exact) mass is 256 g/mol. The SMILES string of the molecule is CCn1ncnc1Cn1ccc2cc(OC)ccc21. The van der Waals surface area contributed by atoms with Crippen molar-refractivity contribution in [2.24, 2.45) is 0 Å². The number of ether oxygens (including phenoxy) is 1. The summed E-state index contributed by atoms with van der Waals surface area (Å²) in [7, 11) is 1.68. The van der Waals surface area contributed by atoms with Crippen molar-refractivity contribution in [3.63, 3.8) is 0 Å². The van der Waals surface area contributed by atoms with Crippen LogP contribution in [0.5, 0.6) is 5.75 Å². The lowest BCUT2D eigenvalue weighted by Crippen LogP contribution is -2.08. The first kappa shape index (κ1) is 11.8. The van der Waals surface area contributed by atoms with Gasteiger partial charge in [-0.05, 0) is 31.2 Å². The van der Waals surface area contributed by atoms with Crippen LogP contribution in [-0.2, 0) is 13.1 Å². The van der Waals surface area contributed by atoms with Crippen molar-refractivity contribution < 1.29 is 4.74 Å². The van der Waals surface area contributed by atoms with Crippen molar-refractivity contribution in [3.8, 4) is 5.75 Å². The molecular weight excluding hydrogens is 240 g/mol. The maximum absolute atomic E-state index is 5.24. The van der Waals surface area contributed by atoms with Crippen LogP contribution < -0.4 is 4.74 Å². The normalized spacial score (nSPS) is 11.1. The van der Waals surface area contributed by atoms with E-state index in [1.54, 1.807) is 13.4 Å². The van der Waals surface area contributed by atoms with Gasteiger partial charge in [0, 0.05) is 23.6 Å². The van der Waals surface area contributed by atoms with Gasteiger partial charge in [-0.1, -0.05) is 0 Å². The number of methoxy groups -OCH3 is 1. The van der Waals surface area contributed by atoms with Crippen LogP contribution in [0.3, 0.4) is 0 Å². The minimum atomic E-state index is 0.726. The Bertz CT molecular complexity index is 698. The Morgan fingerprint density at radius 1 is 1.26 bits per heavy atom. The van der Waals surface area contributed by atoms with Crippen molar-refractivity contribution in [1.29, 1.82) is 0 Å². The molecule has 0 unspecified atom stereocenters. The van der Waals surface area contributed by atoms with Crippen molar-refractivity contribution >= 4 is 10.9 Å². The molecule has 0 N–H and O–H groups in total. The maximum Gasteiger partial charge on any atom is 0.146 e. The second-order valence-electron chi connectivity index (χ2n) is 4.36. The summed E-state index contributed by atoms with van der Waals surface area (Å²) in [4.78, 5) is 4.31. The Labute approximate surface area is 111 Å². The Balaban J connectivity index is 1.97. The minimum absolute atomic E-state index is 0.726. The van der Waals surface area contributed by atoms with Gasteiger partial charge in [0.1, 0.15) is 17.9 Å². The van der Waals surface area contributed by atoms with Crippen LogP contribution in [0.2, 0.25) is 0 Å². The summed E-state index contributed by atoms with van der Waals surface area (Å²) in [5.41, 5.74) is 1.17. The maximum atomic E-state index is 5.24. The highest BCUT2D eigenvalue weighted by molar-refractivity contribution is 5.81. The number of rotatable bonds is 4. The fourth-order valence-electron chi connectivity index (χ4n) is 2.27. The molecule has 0 radical (unpaired) electrons. The number of fused-ring (bicyclic) bond motifs is 1. The molecule has 0 spiro atoms. The lowest BCUT2D eigenvalue weighted by Gasteiger charge is -2.06. The summed E-state index contributed by atoms with van der Waals surface area (Å²) >= 11 is 0. The van der Waals surface area contributed by atoms with E-state index in [9.17, 15) is 0 Å². The van der Waals surface area contributed by atoms with Gasteiger partial charge in [-0.3, -0.25) is 0 Å². The van der Waals surface area contributed by atoms with Crippen molar-refractivity contribution in [1.82, 2.24) is 19.3 Å². The minimum Gasteiger partial charge on any atom is -0.497 e. The zero-order chi connectivity index (χ0) is 13.2. The summed E-state index contributed by atoms with van der Waals surface area (Å²) in [6.45, 7) is 3.63. The van der Waals surface area contributed by atoms with Gasteiger partial charge in [-0.25, -0.2) is 9.67 Å². The van der Waals surface area contributed by atoms with Gasteiger partial charge < -0.3 is 9.30 Å². The molecule has 19 heavy (non-hydrogen) atoms. The van der Waals surface area contributed by atoms with E-state index in [0.717, 1.165) is 24.7 Å². The second kappa shape index (κ2) is 4.76. The molecule has 0 amide bonds. The van der Waals surface area contributed by atoms with Gasteiger partial charge in [0.25, 0.3) is 0 Å². The smallest absolute Gasteiger partial charge is 0.146 e. The van der Waals surface area contributed by atoms with E-state index in [2.05, 4.69) is 39.9 Å². The fraction of sp³-hybridized carbons (Fsp3) is 0.286. The number of benzene rings is 1. The molecule has 3 aromatic rings. The molecule has 2 aromatic heterocycles. The molecule has 0 saturated heterocycles. The quantitative estimate of drug-likeness (QED) is 0.719. The molecule has 98 valence electrons. The van der Waals surface area contributed by atoms with E-state index in [4.69, 9.17) is 4.74 Å². The fourth-order valence-corrected chi connectivity index (χ4v) is 2.27. The molecule has 0 aliphatic carbocycles. The van der Waals surface area contributed by atoms with Crippen LogP contribution >= 0.6 is 0 Å². The molecule has 0 saturated carbocycles. The molecule has 5 nitrogen and oxygen atoms in total. The van der Waals surface area contributed by atoms with Crippen molar-refractivity contribution in [2.75, 3.05) is 7.11 Å². The predicted octanol–water partition coefficient (Wildman–Crippen LogP) is 2.31. The largest absolute Gasteiger partial charge is 0.497 e. The van der Waals surface area contributed by atoms with Gasteiger partial charge in [-0.15, -0.1) is 0 Å². The first-order valence-corrected chi connectivity index (χ1v) is 6.31. The average molecular weight is 256 g/mol. The van der Waals surface area contributed by atoms with Crippen molar-refractivity contribution in [2.45, 2.75) is 20.0 Å². The van der Waals surface area contributed by atoms with Gasteiger partial charge in [-0.2, -0.15) is 5.10 Å². The van der Waals surface area contributed by atoms with Gasteiger partial charge >= 0.3 is 0 Å². The highest BCUT2D eigenvalue weighted by Gasteiger charge is 2.07. The standard InChI is InChI=1S/C14H16N4O/c1-3-18-14(15-10-16-18)9-17-7-6-11-8-12(19-2)4-5-13(11)17/h4-8,10H,3,9H2,1-2H3. The predicted molar refractivity (Wildman–Crippen MR) is 73.3 cm³/mol. The molecule has 5 heteroatoms. The summed E-state index contributed by atoms with van der Waals surface area (Å²) in [5.74, 6) is 1.85. The zero-order valence-corrected chi connectivity index (χ0v) is 11.1. The highest BCUT2D eigenvalue weighted by atomic mass is 16.5. The summed E-state index contributed by atoms with van der Waals surface area (Å²) in [6, 6.07) is 8.17. The van der Waals surface area contributed by atoms with E-state index < -0.39 is 0 Å². The van der Waals surface area contributed by atoms with Gasteiger partial charge in [0.05, 0.1) is 13.7 Å². The number of hydrogen-bond acceptors (Lipinski definition) is 3. The summed E-state index contributed by atoms with van der Waals surface area (Å²) in [6.07, 6.45) is 3.67. The van der Waals surface area contributed by atoms with E-state index in [1.807, 2.05) is 16.8 Å². The number of nitrogens with zero attached hydrogens (tertiary/aromatic N) is 4. The van der Waals surface area contributed by atoms with Crippen LogP contribution in [-0.4, -0.2) is 26.4 Å². The molecule has 1 aromatic carbocycles. The molecule has 0 aliphatic heterocycles. The molecule has 2 heterocycles. The van der Waals surface area contributed by atoms with E-state index in [-0.39, 0.29) is 0 Å². The third-order valence-electron chi connectivity index (χ3n) is 3.29. The number of aromatic nitrogens is 4. The topological polar surface area (TPSA) is 44.9 Å². The third kappa shape index (κ3) is 2.07. The van der Waals surface area contributed by atoms with Crippen LogP contribution in [0.1, 0.15) is 12.7 Å². The third-order valence-corrected chi connectivity index (χ3v) is 3.29. The Morgan fingerprint density at radius 2 is 2.16 bits per heavy atom. The highest BCUT2D eigenvalue weighted by Crippen LogP contribution is 2.22. The van der Waals surface area contributed by atoms with Crippen LogP contribution in [0.15, 0.2) is 36.8 Å². The lowest BCUT2D eigenvalue weighted by atomic mass is 10.2. The molecule has 0 fully saturated rings. The lowest BCUT2D eigenvalue weighted by molar-refractivity contribution is 0.415. The van der Waals surface area contributed by atoms with E-state index in [0.29, 0.717) is 0 Å². The summed E-state index contributed by atoms with van der Waals surface area (Å²) in [5, 5.41) is 5.36. The molecule has 0 atom stereocenters. The van der Waals surface area contributed by atoms with E-state index in [1.165, 1.54) is 10.9 Å². The first-order chi connectivity index (χ1) is 9.31. The summed E-state index contributed by atoms with van der Waals surface area (Å²) < 4.78 is 9.32. The number of hydrogen-bond donors (Lipinski definition) is 0. The Hall–Kier alpha value is -2.30. The van der Waals surface area contributed by atoms with Gasteiger partial charge in [0.15, 0.2) is 0 Å². The Kier molecular flexibility index (Phi) is 2.95. The van der Waals surface area contributed by atoms with Crippen LogP contribution in [0, 0.1) is 0 Å². The number of aryl methyl sites for hydroxylation is 1. The Morgan fingerprint density at radius 3 is 2.95 bits per heavy atom. The van der Waals surface area contributed by atoms with Crippen LogP contribution in [0.4, 0.5) is 0 Å². The molecule has 0 aliphatic rings. The van der Waals surface area contributed by atoms with Crippen molar-refractivity contribution in [3.05, 3.63) is 42.6 Å². The second-order valence-corrected chi connectivity index (χ2v) is 4.36. The average Bonchev–Trinajstić information content (AvgIpc) is 3.05. The van der Waals surface area contributed by atoms with E-state index >= 15 is 0 Å². The van der Waals surface area contributed by atoms with Crippen LogP contribution in [0.25, 0.3) is 10.9 Å². The van der Waals surface area contributed by atoms with Gasteiger partial charge in [0.2, 0.25) is 0 Å². The molecule has 3 rings (SSSR count).